The monoisotopic (exact) mass is 177 g/mol. The van der Waals surface area contributed by atoms with E-state index >= 15 is 0 Å². The second-order valence-electron chi connectivity index (χ2n) is 3.53. The van der Waals surface area contributed by atoms with E-state index in [2.05, 4.69) is 4.74 Å². The third-order valence-corrected chi connectivity index (χ3v) is 2.53. The van der Waals surface area contributed by atoms with Crippen LogP contribution in [0.5, 0.6) is 0 Å². The average molecular weight is 177 g/mol. The summed E-state index contributed by atoms with van der Waals surface area (Å²) in [5.41, 5.74) is 0. The molecule has 5 heteroatoms. The molecule has 0 bridgehead atoms. The van der Waals surface area contributed by atoms with Gasteiger partial charge in [-0.2, -0.15) is 0 Å². The van der Waals surface area contributed by atoms with Gasteiger partial charge < -0.3 is 13.4 Å². The number of carbonyl (C=O) groups is 1. The van der Waals surface area contributed by atoms with E-state index < -0.39 is 24.5 Å². The normalized spacial score (nSPS) is 33.6. The lowest BCUT2D eigenvalue weighted by Gasteiger charge is -2.15. The highest BCUT2D eigenvalue weighted by atomic mass is 19.2. The van der Waals surface area contributed by atoms with Crippen molar-refractivity contribution in [2.75, 3.05) is 6.61 Å². The van der Waals surface area contributed by atoms with Crippen LogP contribution in [0, 0.1) is 5.92 Å². The van der Waals surface area contributed by atoms with Crippen molar-refractivity contribution >= 4 is 13.2 Å². The van der Waals surface area contributed by atoms with Crippen molar-refractivity contribution in [3.05, 3.63) is 0 Å². The molecule has 1 rings (SSSR count). The Morgan fingerprint density at radius 1 is 1.75 bits per heavy atom. The number of hydrogen-bond donors (Lipinski definition) is 0. The minimum Gasteiger partial charge on any atom is -0.480 e. The molecule has 0 aromatic carbocycles. The first-order valence-electron chi connectivity index (χ1n) is 4.13. The summed E-state index contributed by atoms with van der Waals surface area (Å²) in [6, 6.07) is 0. The van der Waals surface area contributed by atoms with E-state index in [-0.39, 0.29) is 6.61 Å². The quantitative estimate of drug-likeness (QED) is 0.482. The Morgan fingerprint density at radius 2 is 2.33 bits per heavy atom. The van der Waals surface area contributed by atoms with Gasteiger partial charge in [0.25, 0.3) is 7.27 Å². The molecule has 0 heterocycles. The minimum atomic E-state index is -3.18. The van der Waals surface area contributed by atoms with Crippen molar-refractivity contribution in [2.45, 2.75) is 25.6 Å². The first-order valence-corrected chi connectivity index (χ1v) is 4.13. The second kappa shape index (κ2) is 3.03. The Bertz CT molecular complexity index is 198. The highest BCUT2D eigenvalue weighted by Gasteiger charge is 2.55. The van der Waals surface area contributed by atoms with Crippen LogP contribution in [0.2, 0.25) is 5.31 Å². The van der Waals surface area contributed by atoms with Crippen molar-refractivity contribution in [3.8, 4) is 0 Å². The summed E-state index contributed by atoms with van der Waals surface area (Å²) in [7, 11) is -3.18. The third kappa shape index (κ3) is 1.45. The Balaban J connectivity index is 2.45. The molecule has 0 aliphatic heterocycles. The molecule has 0 aromatic rings. The van der Waals surface area contributed by atoms with Crippen LogP contribution in [0.4, 0.5) is 8.63 Å². The number of hydrogen-bond acceptors (Lipinski definition) is 2. The van der Waals surface area contributed by atoms with Crippen LogP contribution < -0.4 is 0 Å². The van der Waals surface area contributed by atoms with E-state index in [1.54, 1.807) is 6.92 Å². The highest BCUT2D eigenvalue weighted by Crippen LogP contribution is 2.62. The Hall–Kier alpha value is -0.605. The fourth-order valence-corrected chi connectivity index (χ4v) is 1.31. The van der Waals surface area contributed by atoms with Crippen molar-refractivity contribution in [2.24, 2.45) is 5.92 Å². The van der Waals surface area contributed by atoms with Gasteiger partial charge in [-0.1, -0.05) is 18.7 Å². The van der Waals surface area contributed by atoms with Crippen LogP contribution in [0.25, 0.3) is 0 Å². The van der Waals surface area contributed by atoms with Crippen LogP contribution in [0.1, 0.15) is 20.3 Å². The van der Waals surface area contributed by atoms with Gasteiger partial charge in [-0.15, -0.1) is 0 Å². The molecule has 0 N–H and O–H groups in total. The number of esters is 1. The Morgan fingerprint density at radius 3 is 2.67 bits per heavy atom. The van der Waals surface area contributed by atoms with E-state index in [0.717, 1.165) is 0 Å². The largest absolute Gasteiger partial charge is 0.480 e. The predicted octanol–water partition coefficient (Wildman–Crippen LogP) is 1.49. The van der Waals surface area contributed by atoms with Gasteiger partial charge in [0.05, 0.1) is 6.61 Å². The van der Waals surface area contributed by atoms with Crippen LogP contribution in [-0.2, 0) is 9.53 Å². The number of carbonyl (C=O) groups excluding carboxylic acids is 1. The predicted molar refractivity (Wildman–Crippen MR) is 42.5 cm³/mol. The molecule has 2 atom stereocenters. The molecule has 1 saturated carbocycles. The van der Waals surface area contributed by atoms with Crippen LogP contribution >= 0.6 is 0 Å². The van der Waals surface area contributed by atoms with Crippen LogP contribution in [0.15, 0.2) is 0 Å². The zero-order valence-corrected chi connectivity index (χ0v) is 7.27. The lowest BCUT2D eigenvalue weighted by molar-refractivity contribution is -0.144. The van der Waals surface area contributed by atoms with E-state index in [1.807, 2.05) is 0 Å². The van der Waals surface area contributed by atoms with Crippen molar-refractivity contribution in [3.63, 3.8) is 0 Å². The van der Waals surface area contributed by atoms with Crippen molar-refractivity contribution in [1.82, 2.24) is 0 Å². The topological polar surface area (TPSA) is 26.3 Å². The van der Waals surface area contributed by atoms with Gasteiger partial charge in [-0.3, -0.25) is 4.79 Å². The van der Waals surface area contributed by atoms with E-state index in [0.29, 0.717) is 6.42 Å². The molecule has 1 aliphatic carbocycles. The van der Waals surface area contributed by atoms with E-state index in [1.165, 1.54) is 6.92 Å². The Kier molecular flexibility index (Phi) is 2.40. The molecule has 2 nitrogen and oxygen atoms in total. The maximum Gasteiger partial charge on any atom is 0.306 e. The van der Waals surface area contributed by atoms with Crippen molar-refractivity contribution < 1.29 is 18.2 Å². The third-order valence-electron chi connectivity index (χ3n) is 2.53. The minimum absolute atomic E-state index is 0.268. The molecule has 1 fully saturated rings. The standard InChI is InChI=1S/C7H12BF2O2/c1-3-12-6(11)5-4-7(5,2)8(9)10/h5,8H,3-4H2,1-2H3/q-1/t5-,7-/m0/s1. The summed E-state index contributed by atoms with van der Waals surface area (Å²) in [5.74, 6) is -1.01. The smallest absolute Gasteiger partial charge is 0.306 e. The summed E-state index contributed by atoms with van der Waals surface area (Å²) in [6.45, 7) is 3.39. The fraction of sp³-hybridized carbons (Fsp3) is 0.857. The molecule has 0 aromatic heterocycles. The molecule has 0 amide bonds. The van der Waals surface area contributed by atoms with Gasteiger partial charge in [0.15, 0.2) is 0 Å². The van der Waals surface area contributed by atoms with Gasteiger partial charge in [-0.25, -0.2) is 0 Å². The molecule has 12 heavy (non-hydrogen) atoms. The summed E-state index contributed by atoms with van der Waals surface area (Å²) in [4.78, 5) is 11.0. The van der Waals surface area contributed by atoms with Gasteiger partial charge in [0.1, 0.15) is 0 Å². The summed E-state index contributed by atoms with van der Waals surface area (Å²) < 4.78 is 29.3. The maximum atomic E-state index is 12.3. The number of ether oxygens (including phenoxy) is 1. The molecule has 0 unspecified atom stereocenters. The lowest BCUT2D eigenvalue weighted by atomic mass is 9.74. The maximum absolute atomic E-state index is 12.3. The molecule has 0 spiro atoms. The zero-order chi connectivity index (χ0) is 9.35. The summed E-state index contributed by atoms with van der Waals surface area (Å²) in [5, 5.41) is -1.04. The van der Waals surface area contributed by atoms with Gasteiger partial charge in [0.2, 0.25) is 0 Å². The fourth-order valence-electron chi connectivity index (χ4n) is 1.31. The van der Waals surface area contributed by atoms with Crippen LogP contribution in [0.3, 0.4) is 0 Å². The van der Waals surface area contributed by atoms with Gasteiger partial charge in [-0.05, 0) is 6.92 Å². The van der Waals surface area contributed by atoms with E-state index in [4.69, 9.17) is 0 Å². The van der Waals surface area contributed by atoms with E-state index in [9.17, 15) is 13.4 Å². The molecular formula is C7H12BF2O2-. The highest BCUT2D eigenvalue weighted by molar-refractivity contribution is 6.49. The first kappa shape index (κ1) is 9.48. The van der Waals surface area contributed by atoms with Crippen LogP contribution in [-0.4, -0.2) is 19.8 Å². The number of halogens is 2. The SMILES string of the molecule is CCOC(=O)[C@@H]1C[C@]1(C)[BH-](F)F. The number of rotatable bonds is 3. The summed E-state index contributed by atoms with van der Waals surface area (Å²) >= 11 is 0. The molecule has 0 saturated heterocycles. The second-order valence-corrected chi connectivity index (χ2v) is 3.53. The average Bonchev–Trinajstić information content (AvgIpc) is 2.65. The molecule has 1 aliphatic rings. The van der Waals surface area contributed by atoms with Gasteiger partial charge in [0, 0.05) is 5.92 Å². The zero-order valence-electron chi connectivity index (χ0n) is 7.27. The van der Waals surface area contributed by atoms with Crippen molar-refractivity contribution in [1.29, 1.82) is 0 Å². The molecule has 0 radical (unpaired) electrons. The molecule has 70 valence electrons. The Labute approximate surface area is 70.5 Å². The molecular weight excluding hydrogens is 165 g/mol. The first-order chi connectivity index (χ1) is 5.52. The van der Waals surface area contributed by atoms with Gasteiger partial charge >= 0.3 is 5.97 Å². The lowest BCUT2D eigenvalue weighted by Crippen LogP contribution is -2.15. The summed E-state index contributed by atoms with van der Waals surface area (Å²) in [6.07, 6.45) is 0.291.